The number of aliphatic hydroxyl groups excluding tert-OH is 1. The van der Waals surface area contributed by atoms with Gasteiger partial charge in [0.25, 0.3) is 0 Å². The molecule has 1 saturated heterocycles. The Morgan fingerprint density at radius 2 is 2.19 bits per heavy atom. The van der Waals surface area contributed by atoms with Crippen LogP contribution in [0.4, 0.5) is 0 Å². The van der Waals surface area contributed by atoms with E-state index in [0.29, 0.717) is 26.2 Å². The SMILES string of the molecule is O=C(CCCSc1ccc(Cl)cc1)N1CCOCC1CO. The summed E-state index contributed by atoms with van der Waals surface area (Å²) in [6.07, 6.45) is 1.33. The van der Waals surface area contributed by atoms with Crippen LogP contribution in [0.3, 0.4) is 0 Å². The first kappa shape index (κ1) is 16.6. The van der Waals surface area contributed by atoms with Crippen molar-refractivity contribution in [3.05, 3.63) is 29.3 Å². The summed E-state index contributed by atoms with van der Waals surface area (Å²) < 4.78 is 5.28. The van der Waals surface area contributed by atoms with Gasteiger partial charge < -0.3 is 14.7 Å². The first-order valence-electron chi connectivity index (χ1n) is 7.07. The smallest absolute Gasteiger partial charge is 0.223 e. The van der Waals surface area contributed by atoms with Gasteiger partial charge in [-0.3, -0.25) is 4.79 Å². The third kappa shape index (κ3) is 5.18. The predicted octanol–water partition coefficient (Wildman–Crippen LogP) is 2.43. The maximum Gasteiger partial charge on any atom is 0.223 e. The monoisotopic (exact) mass is 329 g/mol. The van der Waals surface area contributed by atoms with Gasteiger partial charge in [-0.1, -0.05) is 11.6 Å². The summed E-state index contributed by atoms with van der Waals surface area (Å²) in [6, 6.07) is 7.52. The van der Waals surface area contributed by atoms with Gasteiger partial charge in [-0.15, -0.1) is 11.8 Å². The molecule has 0 aromatic heterocycles. The molecule has 2 rings (SSSR count). The van der Waals surface area contributed by atoms with Crippen molar-refractivity contribution in [1.82, 2.24) is 4.90 Å². The lowest BCUT2D eigenvalue weighted by Gasteiger charge is -2.34. The van der Waals surface area contributed by atoms with Crippen molar-refractivity contribution in [2.24, 2.45) is 0 Å². The van der Waals surface area contributed by atoms with Gasteiger partial charge in [-0.05, 0) is 36.4 Å². The number of benzene rings is 1. The van der Waals surface area contributed by atoms with Gasteiger partial charge in [0.15, 0.2) is 0 Å². The largest absolute Gasteiger partial charge is 0.394 e. The molecule has 21 heavy (non-hydrogen) atoms. The van der Waals surface area contributed by atoms with Crippen molar-refractivity contribution in [2.75, 3.05) is 32.1 Å². The summed E-state index contributed by atoms with van der Waals surface area (Å²) in [7, 11) is 0. The average Bonchev–Trinajstić information content (AvgIpc) is 2.53. The second-order valence-electron chi connectivity index (χ2n) is 4.90. The normalized spacial score (nSPS) is 18.8. The molecule has 1 amide bonds. The van der Waals surface area contributed by atoms with Gasteiger partial charge in [0.2, 0.25) is 5.91 Å². The first-order chi connectivity index (χ1) is 10.2. The number of carbonyl (C=O) groups excluding carboxylic acids is 1. The number of morpholine rings is 1. The van der Waals surface area contributed by atoms with Crippen molar-refractivity contribution < 1.29 is 14.6 Å². The molecule has 0 saturated carbocycles. The highest BCUT2D eigenvalue weighted by Gasteiger charge is 2.25. The molecular formula is C15H20ClNO3S. The molecule has 1 aliphatic rings. The second-order valence-corrected chi connectivity index (χ2v) is 6.51. The Labute approximate surface area is 134 Å². The summed E-state index contributed by atoms with van der Waals surface area (Å²) in [5.74, 6) is 0.996. The molecule has 1 fully saturated rings. The van der Waals surface area contributed by atoms with Crippen LogP contribution in [0.2, 0.25) is 5.02 Å². The summed E-state index contributed by atoms with van der Waals surface area (Å²) in [5.41, 5.74) is 0. The molecule has 1 heterocycles. The van der Waals surface area contributed by atoms with Gasteiger partial charge >= 0.3 is 0 Å². The van der Waals surface area contributed by atoms with E-state index in [1.54, 1.807) is 16.7 Å². The molecule has 1 aliphatic heterocycles. The fourth-order valence-electron chi connectivity index (χ4n) is 2.22. The average molecular weight is 330 g/mol. The number of thioether (sulfide) groups is 1. The Bertz CT molecular complexity index is 455. The number of ether oxygens (including phenoxy) is 1. The van der Waals surface area contributed by atoms with Crippen LogP contribution in [0.25, 0.3) is 0 Å². The molecule has 0 spiro atoms. The van der Waals surface area contributed by atoms with E-state index in [2.05, 4.69) is 0 Å². The summed E-state index contributed by atoms with van der Waals surface area (Å²) in [5, 5.41) is 10.00. The minimum absolute atomic E-state index is 0.0364. The van der Waals surface area contributed by atoms with Crippen molar-refractivity contribution in [1.29, 1.82) is 0 Å². The van der Waals surface area contributed by atoms with Gasteiger partial charge in [0.05, 0.1) is 25.9 Å². The number of nitrogens with zero attached hydrogens (tertiary/aromatic N) is 1. The Morgan fingerprint density at radius 1 is 1.43 bits per heavy atom. The number of halogens is 1. The number of amides is 1. The minimum Gasteiger partial charge on any atom is -0.394 e. The van der Waals surface area contributed by atoms with Crippen molar-refractivity contribution >= 4 is 29.3 Å². The van der Waals surface area contributed by atoms with Crippen LogP contribution in [0, 0.1) is 0 Å². The van der Waals surface area contributed by atoms with Gasteiger partial charge in [0.1, 0.15) is 0 Å². The maximum absolute atomic E-state index is 12.2. The van der Waals surface area contributed by atoms with Crippen LogP contribution in [0.1, 0.15) is 12.8 Å². The fourth-order valence-corrected chi connectivity index (χ4v) is 3.20. The van der Waals surface area contributed by atoms with Crippen LogP contribution in [0.5, 0.6) is 0 Å². The van der Waals surface area contributed by atoms with E-state index in [1.165, 1.54) is 0 Å². The molecule has 116 valence electrons. The molecule has 0 aliphatic carbocycles. The van der Waals surface area contributed by atoms with E-state index >= 15 is 0 Å². The zero-order valence-corrected chi connectivity index (χ0v) is 13.4. The topological polar surface area (TPSA) is 49.8 Å². The number of hydrogen-bond acceptors (Lipinski definition) is 4. The molecule has 1 aromatic carbocycles. The van der Waals surface area contributed by atoms with Gasteiger partial charge in [-0.25, -0.2) is 0 Å². The Kier molecular flexibility index (Phi) is 6.83. The molecule has 1 N–H and O–H groups in total. The minimum atomic E-state index is -0.185. The lowest BCUT2D eigenvalue weighted by molar-refractivity contribution is -0.141. The van der Waals surface area contributed by atoms with Crippen molar-refractivity contribution in [2.45, 2.75) is 23.8 Å². The molecule has 1 unspecified atom stereocenters. The van der Waals surface area contributed by atoms with E-state index in [0.717, 1.165) is 22.1 Å². The fraction of sp³-hybridized carbons (Fsp3) is 0.533. The van der Waals surface area contributed by atoms with Crippen LogP contribution < -0.4 is 0 Å². The Hall–Kier alpha value is -0.750. The molecule has 0 bridgehead atoms. The third-order valence-electron chi connectivity index (χ3n) is 3.38. The Balaban J connectivity index is 1.70. The number of aliphatic hydroxyl groups is 1. The summed E-state index contributed by atoms with van der Waals surface area (Å²) >= 11 is 7.56. The highest BCUT2D eigenvalue weighted by atomic mass is 35.5. The molecule has 1 aromatic rings. The van der Waals surface area contributed by atoms with E-state index < -0.39 is 0 Å². The quantitative estimate of drug-likeness (QED) is 0.643. The standard InChI is InChI=1S/C15H20ClNO3S/c16-12-3-5-14(6-4-12)21-9-1-2-15(19)17-7-8-20-11-13(17)10-18/h3-6,13,18H,1-2,7-11H2. The third-order valence-corrected chi connectivity index (χ3v) is 4.73. The molecule has 0 radical (unpaired) electrons. The Morgan fingerprint density at radius 3 is 2.90 bits per heavy atom. The molecule has 6 heteroatoms. The van der Waals surface area contributed by atoms with E-state index in [1.807, 2.05) is 24.3 Å². The maximum atomic E-state index is 12.2. The first-order valence-corrected chi connectivity index (χ1v) is 8.43. The lowest BCUT2D eigenvalue weighted by atomic mass is 10.2. The molecule has 1 atom stereocenters. The van der Waals surface area contributed by atoms with Crippen LogP contribution in [-0.2, 0) is 9.53 Å². The lowest BCUT2D eigenvalue weighted by Crippen LogP contribution is -2.50. The predicted molar refractivity (Wildman–Crippen MR) is 84.8 cm³/mol. The van der Waals surface area contributed by atoms with E-state index in [9.17, 15) is 9.90 Å². The van der Waals surface area contributed by atoms with E-state index in [-0.39, 0.29) is 18.6 Å². The second kappa shape index (κ2) is 8.63. The highest BCUT2D eigenvalue weighted by molar-refractivity contribution is 7.99. The zero-order valence-electron chi connectivity index (χ0n) is 11.8. The number of hydrogen-bond donors (Lipinski definition) is 1. The van der Waals surface area contributed by atoms with Crippen molar-refractivity contribution in [3.8, 4) is 0 Å². The number of rotatable bonds is 6. The van der Waals surface area contributed by atoms with E-state index in [4.69, 9.17) is 16.3 Å². The summed E-state index contributed by atoms with van der Waals surface area (Å²) in [4.78, 5) is 15.1. The number of carbonyl (C=O) groups is 1. The summed E-state index contributed by atoms with van der Waals surface area (Å²) in [6.45, 7) is 1.53. The van der Waals surface area contributed by atoms with Gasteiger partial charge in [-0.2, -0.15) is 0 Å². The van der Waals surface area contributed by atoms with Crippen LogP contribution in [0.15, 0.2) is 29.2 Å². The van der Waals surface area contributed by atoms with Crippen molar-refractivity contribution in [3.63, 3.8) is 0 Å². The highest BCUT2D eigenvalue weighted by Crippen LogP contribution is 2.21. The van der Waals surface area contributed by atoms with Crippen LogP contribution >= 0.6 is 23.4 Å². The van der Waals surface area contributed by atoms with Gasteiger partial charge in [0, 0.05) is 22.9 Å². The van der Waals surface area contributed by atoms with Crippen LogP contribution in [-0.4, -0.2) is 54.1 Å². The molecule has 4 nitrogen and oxygen atoms in total. The molecular weight excluding hydrogens is 310 g/mol. The zero-order chi connectivity index (χ0) is 15.1.